The number of aromatic nitrogens is 1. The van der Waals surface area contributed by atoms with Crippen LogP contribution in [0.3, 0.4) is 0 Å². The van der Waals surface area contributed by atoms with E-state index in [-0.39, 0.29) is 11.9 Å². The lowest BCUT2D eigenvalue weighted by Crippen LogP contribution is -2.28. The summed E-state index contributed by atoms with van der Waals surface area (Å²) in [5.74, 6) is -0.188. The fourth-order valence-electron chi connectivity index (χ4n) is 2.98. The lowest BCUT2D eigenvalue weighted by molar-refractivity contribution is 0.0944. The molecule has 0 unspecified atom stereocenters. The van der Waals surface area contributed by atoms with Crippen molar-refractivity contribution in [3.8, 4) is 22.9 Å². The zero-order valence-electron chi connectivity index (χ0n) is 13.6. The van der Waals surface area contributed by atoms with Gasteiger partial charge in [-0.3, -0.25) is 4.79 Å². The van der Waals surface area contributed by atoms with E-state index in [0.29, 0.717) is 11.3 Å². The Morgan fingerprint density at radius 1 is 1.04 bits per heavy atom. The van der Waals surface area contributed by atoms with Crippen molar-refractivity contribution in [3.63, 3.8) is 0 Å². The number of nitriles is 1. The van der Waals surface area contributed by atoms with Crippen molar-refractivity contribution >= 4 is 5.91 Å². The van der Waals surface area contributed by atoms with Crippen molar-refractivity contribution < 1.29 is 4.79 Å². The van der Waals surface area contributed by atoms with Crippen LogP contribution in [0, 0.1) is 11.3 Å². The molecule has 1 aliphatic rings. The normalized spacial score (nSPS) is 13.2. The topological polar surface area (TPSA) is 57.8 Å². The first kappa shape index (κ1) is 15.2. The van der Waals surface area contributed by atoms with Gasteiger partial charge in [0.2, 0.25) is 0 Å². The van der Waals surface area contributed by atoms with Gasteiger partial charge in [0.25, 0.3) is 5.91 Å². The van der Waals surface area contributed by atoms with Crippen LogP contribution in [0.4, 0.5) is 0 Å². The Bertz CT molecular complexity index is 962. The van der Waals surface area contributed by atoms with Crippen molar-refractivity contribution in [2.24, 2.45) is 0 Å². The van der Waals surface area contributed by atoms with E-state index in [1.807, 2.05) is 59.2 Å². The predicted molar refractivity (Wildman–Crippen MR) is 96.4 cm³/mol. The van der Waals surface area contributed by atoms with E-state index in [9.17, 15) is 10.1 Å². The maximum absolute atomic E-state index is 12.7. The molecule has 0 radical (unpaired) electrons. The van der Waals surface area contributed by atoms with Crippen LogP contribution >= 0.6 is 0 Å². The van der Waals surface area contributed by atoms with Gasteiger partial charge in [0.15, 0.2) is 0 Å². The first-order chi connectivity index (χ1) is 12.3. The maximum atomic E-state index is 12.7. The van der Waals surface area contributed by atoms with E-state index in [1.165, 1.54) is 0 Å². The van der Waals surface area contributed by atoms with Crippen LogP contribution < -0.4 is 5.32 Å². The summed E-state index contributed by atoms with van der Waals surface area (Å²) in [5.41, 5.74) is 3.76. The molecule has 122 valence electrons. The molecule has 1 saturated carbocycles. The van der Waals surface area contributed by atoms with Gasteiger partial charge in [-0.2, -0.15) is 5.26 Å². The van der Waals surface area contributed by atoms with Crippen molar-refractivity contribution in [2.75, 3.05) is 0 Å². The molecule has 4 heteroatoms. The summed E-state index contributed by atoms with van der Waals surface area (Å²) in [5, 5.41) is 12.4. The highest BCUT2D eigenvalue weighted by molar-refractivity contribution is 5.96. The number of hydrogen-bond donors (Lipinski definition) is 1. The van der Waals surface area contributed by atoms with Crippen molar-refractivity contribution in [1.82, 2.24) is 9.88 Å². The van der Waals surface area contributed by atoms with Crippen molar-refractivity contribution in [2.45, 2.75) is 18.9 Å². The molecule has 1 amide bonds. The zero-order valence-corrected chi connectivity index (χ0v) is 13.6. The average molecular weight is 327 g/mol. The van der Waals surface area contributed by atoms with E-state index >= 15 is 0 Å². The smallest absolute Gasteiger partial charge is 0.269 e. The van der Waals surface area contributed by atoms with Crippen molar-refractivity contribution in [1.29, 1.82) is 5.26 Å². The van der Waals surface area contributed by atoms with Gasteiger partial charge in [-0.25, -0.2) is 0 Å². The van der Waals surface area contributed by atoms with Crippen molar-refractivity contribution in [3.05, 3.63) is 78.1 Å². The van der Waals surface area contributed by atoms with Gasteiger partial charge in [-0.05, 0) is 30.5 Å². The van der Waals surface area contributed by atoms with E-state index in [2.05, 4.69) is 11.4 Å². The molecule has 3 aromatic rings. The molecule has 1 N–H and O–H groups in total. The summed E-state index contributed by atoms with van der Waals surface area (Å²) >= 11 is 0. The highest BCUT2D eigenvalue weighted by Gasteiger charge is 2.27. The SMILES string of the molecule is N#Cc1ccn(-c2ccccc2-c2ccccc2)c1C(=O)NC1CC1. The fraction of sp³-hybridized carbons (Fsp3) is 0.143. The van der Waals surface area contributed by atoms with Gasteiger partial charge in [-0.1, -0.05) is 48.5 Å². The molecule has 1 aromatic heterocycles. The third-order valence-electron chi connectivity index (χ3n) is 4.38. The minimum atomic E-state index is -0.188. The summed E-state index contributed by atoms with van der Waals surface area (Å²) in [6, 6.07) is 22.0. The number of amides is 1. The zero-order chi connectivity index (χ0) is 17.2. The number of hydrogen-bond acceptors (Lipinski definition) is 2. The third kappa shape index (κ3) is 2.92. The van der Waals surface area contributed by atoms with Gasteiger partial charge >= 0.3 is 0 Å². The minimum Gasteiger partial charge on any atom is -0.348 e. The molecule has 2 aromatic carbocycles. The molecule has 0 saturated heterocycles. The number of para-hydroxylation sites is 1. The molecule has 0 spiro atoms. The summed E-state index contributed by atoms with van der Waals surface area (Å²) in [4.78, 5) is 12.7. The summed E-state index contributed by atoms with van der Waals surface area (Å²) in [6.45, 7) is 0. The Morgan fingerprint density at radius 2 is 1.76 bits per heavy atom. The molecule has 4 rings (SSSR count). The molecule has 0 atom stereocenters. The van der Waals surface area contributed by atoms with Gasteiger partial charge in [0.1, 0.15) is 11.8 Å². The summed E-state index contributed by atoms with van der Waals surface area (Å²) in [7, 11) is 0. The van der Waals surface area contributed by atoms with Crippen LogP contribution in [0.25, 0.3) is 16.8 Å². The lowest BCUT2D eigenvalue weighted by Gasteiger charge is -2.14. The van der Waals surface area contributed by atoms with Gasteiger partial charge in [0.05, 0.1) is 11.3 Å². The first-order valence-electron chi connectivity index (χ1n) is 8.35. The van der Waals surface area contributed by atoms with Crippen LogP contribution in [0.1, 0.15) is 28.9 Å². The maximum Gasteiger partial charge on any atom is 0.269 e. The van der Waals surface area contributed by atoms with Crippen LogP contribution in [-0.2, 0) is 0 Å². The molecule has 25 heavy (non-hydrogen) atoms. The number of benzene rings is 2. The minimum absolute atomic E-state index is 0.188. The number of nitrogens with zero attached hydrogens (tertiary/aromatic N) is 2. The molecule has 1 heterocycles. The van der Waals surface area contributed by atoms with Crippen LogP contribution in [0.5, 0.6) is 0 Å². The quantitative estimate of drug-likeness (QED) is 0.790. The fourth-order valence-corrected chi connectivity index (χ4v) is 2.98. The van der Waals surface area contributed by atoms with Crippen LogP contribution in [0.15, 0.2) is 66.9 Å². The molecular weight excluding hydrogens is 310 g/mol. The second-order valence-electron chi connectivity index (χ2n) is 6.19. The number of rotatable bonds is 4. The largest absolute Gasteiger partial charge is 0.348 e. The summed E-state index contributed by atoms with van der Waals surface area (Å²) < 4.78 is 1.82. The third-order valence-corrected chi connectivity index (χ3v) is 4.38. The molecule has 0 aliphatic heterocycles. The number of nitrogens with one attached hydrogen (secondary N) is 1. The van der Waals surface area contributed by atoms with E-state index in [1.54, 1.807) is 12.3 Å². The Morgan fingerprint density at radius 3 is 2.48 bits per heavy atom. The predicted octanol–water partition coefficient (Wildman–Crippen LogP) is 3.91. The van der Waals surface area contributed by atoms with E-state index in [4.69, 9.17) is 0 Å². The average Bonchev–Trinajstić information content (AvgIpc) is 3.37. The molecular formula is C21H17N3O. The number of carbonyl (C=O) groups excluding carboxylic acids is 1. The Balaban J connectivity index is 1.85. The van der Waals surface area contributed by atoms with E-state index < -0.39 is 0 Å². The van der Waals surface area contributed by atoms with Gasteiger partial charge in [0, 0.05) is 17.8 Å². The molecule has 4 nitrogen and oxygen atoms in total. The molecule has 1 aliphatic carbocycles. The highest BCUT2D eigenvalue weighted by atomic mass is 16.2. The second kappa shape index (κ2) is 6.29. The summed E-state index contributed by atoms with van der Waals surface area (Å²) in [6.07, 6.45) is 3.81. The molecule has 0 bridgehead atoms. The monoisotopic (exact) mass is 327 g/mol. The Hall–Kier alpha value is -3.32. The van der Waals surface area contributed by atoms with Gasteiger partial charge in [-0.15, -0.1) is 0 Å². The molecule has 1 fully saturated rings. The standard InChI is InChI=1S/C21H17N3O/c22-14-16-12-13-24(20(16)21(25)23-17-10-11-17)19-9-5-4-8-18(19)15-6-2-1-3-7-15/h1-9,12-13,17H,10-11H2,(H,23,25). The Kier molecular flexibility index (Phi) is 3.83. The lowest BCUT2D eigenvalue weighted by atomic mass is 10.0. The van der Waals surface area contributed by atoms with Gasteiger partial charge < -0.3 is 9.88 Å². The van der Waals surface area contributed by atoms with Crippen LogP contribution in [0.2, 0.25) is 0 Å². The van der Waals surface area contributed by atoms with Crippen LogP contribution in [-0.4, -0.2) is 16.5 Å². The highest BCUT2D eigenvalue weighted by Crippen LogP contribution is 2.29. The Labute approximate surface area is 146 Å². The first-order valence-corrected chi connectivity index (χ1v) is 8.35. The van der Waals surface area contributed by atoms with E-state index in [0.717, 1.165) is 29.7 Å². The number of carbonyl (C=O) groups is 1. The second-order valence-corrected chi connectivity index (χ2v) is 6.19.